The van der Waals surface area contributed by atoms with Gasteiger partial charge >= 0.3 is 6.18 Å². The number of hydrogen-bond donors (Lipinski definition) is 0. The second kappa shape index (κ2) is 10.3. The number of piperidine rings is 1. The molecule has 5 rings (SSSR count). The third-order valence-electron chi connectivity index (χ3n) is 7.29. The van der Waals surface area contributed by atoms with E-state index in [9.17, 15) is 22.4 Å². The molecule has 0 saturated carbocycles. The van der Waals surface area contributed by atoms with Gasteiger partial charge in [0.2, 0.25) is 0 Å². The van der Waals surface area contributed by atoms with E-state index in [-0.39, 0.29) is 16.5 Å². The second-order valence-corrected chi connectivity index (χ2v) is 10.5. The number of anilines is 1. The van der Waals surface area contributed by atoms with Crippen molar-refractivity contribution in [3.63, 3.8) is 0 Å². The number of carbonyl (C=O) groups is 1. The summed E-state index contributed by atoms with van der Waals surface area (Å²) in [4.78, 5) is 21.4. The van der Waals surface area contributed by atoms with E-state index in [1.165, 1.54) is 12.3 Å². The van der Waals surface area contributed by atoms with E-state index in [0.29, 0.717) is 29.2 Å². The molecule has 0 radical (unpaired) electrons. The normalized spacial score (nSPS) is 17.4. The Morgan fingerprint density at radius 2 is 1.82 bits per heavy atom. The molecule has 10 heteroatoms. The zero-order chi connectivity index (χ0) is 27.1. The Morgan fingerprint density at radius 3 is 2.50 bits per heavy atom. The highest BCUT2D eigenvalue weighted by Gasteiger charge is 2.46. The van der Waals surface area contributed by atoms with Gasteiger partial charge in [-0.3, -0.25) is 9.69 Å². The fraction of sp³-hybridized carbons (Fsp3) is 0.286. The van der Waals surface area contributed by atoms with Gasteiger partial charge in [0.25, 0.3) is 5.91 Å². The van der Waals surface area contributed by atoms with Crippen molar-refractivity contribution in [3.8, 4) is 0 Å². The van der Waals surface area contributed by atoms with Gasteiger partial charge in [-0.05, 0) is 79.5 Å². The molecule has 1 amide bonds. The Morgan fingerprint density at radius 1 is 1.05 bits per heavy atom. The summed E-state index contributed by atoms with van der Waals surface area (Å²) in [5, 5.41) is 0.861. The van der Waals surface area contributed by atoms with E-state index in [4.69, 9.17) is 23.2 Å². The van der Waals surface area contributed by atoms with Gasteiger partial charge in [0, 0.05) is 41.0 Å². The molecule has 2 aliphatic heterocycles. The van der Waals surface area contributed by atoms with Gasteiger partial charge < -0.3 is 4.90 Å². The standard InChI is InChI=1S/C28H23Cl2F4N3O/c29-20-4-6-24-22(16-20)27(17-37(24)26(38)19-7-10-35-25(30)15-19)8-12-36(13-9-27)11-1-2-18-3-5-21(23(31)14-18)28(32,33)34/h1-7,10,14-16H,8-9,11-13,17H2. The lowest BCUT2D eigenvalue weighted by Crippen LogP contribution is -2.46. The number of nitrogens with zero attached hydrogens (tertiary/aromatic N) is 3. The Hall–Kier alpha value is -2.94. The summed E-state index contributed by atoms with van der Waals surface area (Å²) in [6.45, 7) is 2.59. The van der Waals surface area contributed by atoms with Crippen LogP contribution in [0.2, 0.25) is 10.2 Å². The van der Waals surface area contributed by atoms with Crippen molar-refractivity contribution >= 4 is 40.9 Å². The number of benzene rings is 2. The maximum absolute atomic E-state index is 13.9. The van der Waals surface area contributed by atoms with Gasteiger partial charge in [0.1, 0.15) is 11.0 Å². The van der Waals surface area contributed by atoms with Crippen LogP contribution in [0.4, 0.5) is 23.2 Å². The highest BCUT2D eigenvalue weighted by molar-refractivity contribution is 6.31. The van der Waals surface area contributed by atoms with Gasteiger partial charge in [-0.1, -0.05) is 41.4 Å². The van der Waals surface area contributed by atoms with Crippen LogP contribution in [0.15, 0.2) is 60.8 Å². The highest BCUT2D eigenvalue weighted by atomic mass is 35.5. The van der Waals surface area contributed by atoms with Crippen molar-refractivity contribution in [2.75, 3.05) is 31.1 Å². The average Bonchev–Trinajstić information content (AvgIpc) is 3.17. The van der Waals surface area contributed by atoms with Crippen LogP contribution < -0.4 is 4.90 Å². The highest BCUT2D eigenvalue weighted by Crippen LogP contribution is 2.48. The minimum Gasteiger partial charge on any atom is -0.307 e. The van der Waals surface area contributed by atoms with Gasteiger partial charge in [-0.15, -0.1) is 0 Å². The molecule has 198 valence electrons. The zero-order valence-corrected chi connectivity index (χ0v) is 21.6. The summed E-state index contributed by atoms with van der Waals surface area (Å²) in [5.74, 6) is -1.44. The zero-order valence-electron chi connectivity index (χ0n) is 20.1. The molecule has 0 bridgehead atoms. The topological polar surface area (TPSA) is 36.4 Å². The number of carbonyl (C=O) groups excluding carboxylic acids is 1. The Kier molecular flexibility index (Phi) is 7.24. The van der Waals surface area contributed by atoms with Gasteiger partial charge in [0.15, 0.2) is 0 Å². The van der Waals surface area contributed by atoms with Crippen molar-refractivity contribution in [2.45, 2.75) is 24.4 Å². The first-order chi connectivity index (χ1) is 18.1. The van der Waals surface area contributed by atoms with Crippen LogP contribution in [0, 0.1) is 5.82 Å². The van der Waals surface area contributed by atoms with Crippen molar-refractivity contribution < 1.29 is 22.4 Å². The lowest BCUT2D eigenvalue weighted by Gasteiger charge is -2.39. The molecule has 1 fully saturated rings. The van der Waals surface area contributed by atoms with E-state index in [1.807, 2.05) is 18.2 Å². The Balaban J connectivity index is 1.28. The summed E-state index contributed by atoms with van der Waals surface area (Å²) in [6, 6.07) is 11.7. The van der Waals surface area contributed by atoms with E-state index < -0.39 is 17.6 Å². The van der Waals surface area contributed by atoms with Gasteiger partial charge in [-0.25, -0.2) is 9.37 Å². The number of aromatic nitrogens is 1. The molecule has 1 saturated heterocycles. The number of amides is 1. The molecule has 2 aliphatic rings. The molecule has 0 N–H and O–H groups in total. The quantitative estimate of drug-likeness (QED) is 0.248. The maximum atomic E-state index is 13.9. The number of pyridine rings is 1. The van der Waals surface area contributed by atoms with Crippen molar-refractivity contribution in [1.29, 1.82) is 0 Å². The third-order valence-corrected chi connectivity index (χ3v) is 7.73. The second-order valence-electron chi connectivity index (χ2n) is 9.64. The number of likely N-dealkylation sites (tertiary alicyclic amines) is 1. The molecule has 1 spiro atoms. The summed E-state index contributed by atoms with van der Waals surface area (Å²) in [5.41, 5.74) is 1.20. The van der Waals surface area contributed by atoms with Crippen LogP contribution in [0.3, 0.4) is 0 Å². The molecule has 0 atom stereocenters. The van der Waals surface area contributed by atoms with Gasteiger partial charge in [0.05, 0.1) is 5.56 Å². The average molecular weight is 564 g/mol. The maximum Gasteiger partial charge on any atom is 0.419 e. The predicted molar refractivity (Wildman–Crippen MR) is 140 cm³/mol. The molecule has 3 heterocycles. The summed E-state index contributed by atoms with van der Waals surface area (Å²) < 4.78 is 52.2. The van der Waals surface area contributed by atoms with Crippen LogP contribution in [0.5, 0.6) is 0 Å². The van der Waals surface area contributed by atoms with Crippen LogP contribution in [0.25, 0.3) is 6.08 Å². The lowest BCUT2D eigenvalue weighted by molar-refractivity contribution is -0.140. The molecule has 0 unspecified atom stereocenters. The smallest absolute Gasteiger partial charge is 0.307 e. The Labute approximate surface area is 227 Å². The monoisotopic (exact) mass is 563 g/mol. The number of hydrogen-bond acceptors (Lipinski definition) is 3. The first-order valence-electron chi connectivity index (χ1n) is 12.0. The summed E-state index contributed by atoms with van der Waals surface area (Å²) >= 11 is 12.4. The van der Waals surface area contributed by atoms with E-state index in [1.54, 1.807) is 29.2 Å². The number of rotatable bonds is 4. The number of halogens is 6. The van der Waals surface area contributed by atoms with Crippen molar-refractivity contribution in [1.82, 2.24) is 9.88 Å². The van der Waals surface area contributed by atoms with Gasteiger partial charge in [-0.2, -0.15) is 13.2 Å². The molecular formula is C28H23Cl2F4N3O. The van der Waals surface area contributed by atoms with Crippen LogP contribution in [0.1, 0.15) is 39.9 Å². The first kappa shape index (κ1) is 26.7. The fourth-order valence-corrected chi connectivity index (χ4v) is 5.65. The molecule has 0 aliphatic carbocycles. The number of alkyl halides is 3. The fourth-order valence-electron chi connectivity index (χ4n) is 5.31. The first-order valence-corrected chi connectivity index (χ1v) is 12.8. The van der Waals surface area contributed by atoms with Crippen LogP contribution >= 0.6 is 23.2 Å². The summed E-state index contributed by atoms with van der Waals surface area (Å²) in [7, 11) is 0. The van der Waals surface area contributed by atoms with Crippen molar-refractivity contribution in [2.24, 2.45) is 0 Å². The predicted octanol–water partition coefficient (Wildman–Crippen LogP) is 7.25. The molecule has 2 aromatic carbocycles. The minimum atomic E-state index is -4.72. The minimum absolute atomic E-state index is 0.149. The van der Waals surface area contributed by atoms with Crippen LogP contribution in [-0.4, -0.2) is 42.0 Å². The summed E-state index contributed by atoms with van der Waals surface area (Å²) in [6.07, 6.45) is 1.83. The van der Waals surface area contributed by atoms with Crippen molar-refractivity contribution in [3.05, 3.63) is 99.1 Å². The molecule has 1 aromatic heterocycles. The van der Waals surface area contributed by atoms with Crippen LogP contribution in [-0.2, 0) is 11.6 Å². The Bertz CT molecular complexity index is 1400. The lowest BCUT2D eigenvalue weighted by atomic mass is 9.74. The molecule has 4 nitrogen and oxygen atoms in total. The molecule has 3 aromatic rings. The molecule has 38 heavy (non-hydrogen) atoms. The third kappa shape index (κ3) is 5.30. The number of fused-ring (bicyclic) bond motifs is 2. The van der Waals surface area contributed by atoms with E-state index in [0.717, 1.165) is 49.3 Å². The largest absolute Gasteiger partial charge is 0.419 e. The molecular weight excluding hydrogens is 541 g/mol. The van der Waals surface area contributed by atoms with E-state index >= 15 is 0 Å². The SMILES string of the molecule is O=C(c1ccnc(Cl)c1)N1CC2(CCN(CC=Cc3ccc(C(F)(F)F)c(F)c3)CC2)c2cc(Cl)ccc21. The van der Waals surface area contributed by atoms with E-state index in [2.05, 4.69) is 9.88 Å².